The first-order valence-electron chi connectivity index (χ1n) is 9.71. The number of amides is 1. The van der Waals surface area contributed by atoms with Crippen LogP contribution in [0, 0.1) is 18.6 Å². The summed E-state index contributed by atoms with van der Waals surface area (Å²) in [6.45, 7) is 6.44. The average Bonchev–Trinajstić information content (AvgIpc) is 3.33. The summed E-state index contributed by atoms with van der Waals surface area (Å²) in [6.07, 6.45) is 4.81. The molecule has 0 saturated heterocycles. The largest absolute Gasteiger partial charge is 0.269 e. The van der Waals surface area contributed by atoms with E-state index in [-0.39, 0.29) is 5.91 Å². The Bertz CT molecular complexity index is 1130. The number of hydrogen-bond donors (Lipinski definition) is 0. The van der Waals surface area contributed by atoms with E-state index in [1.165, 1.54) is 17.1 Å². The fourth-order valence-corrected chi connectivity index (χ4v) is 3.61. The molecule has 0 N–H and O–H groups in total. The van der Waals surface area contributed by atoms with Crippen molar-refractivity contribution in [2.75, 3.05) is 0 Å². The van der Waals surface area contributed by atoms with Crippen molar-refractivity contribution in [3.63, 3.8) is 0 Å². The average molecular weight is 409 g/mol. The van der Waals surface area contributed by atoms with Crippen molar-refractivity contribution in [2.45, 2.75) is 38.8 Å². The van der Waals surface area contributed by atoms with Gasteiger partial charge in [-0.3, -0.25) is 9.48 Å². The molecule has 0 fully saturated rings. The Labute approximate surface area is 172 Å². The predicted octanol–water partition coefficient (Wildman–Crippen LogP) is 4.31. The van der Waals surface area contributed by atoms with E-state index in [0.717, 1.165) is 22.8 Å². The van der Waals surface area contributed by atoms with Crippen molar-refractivity contribution in [1.29, 1.82) is 0 Å². The number of hydrazone groups is 1. The summed E-state index contributed by atoms with van der Waals surface area (Å²) < 4.78 is 29.0. The van der Waals surface area contributed by atoms with Crippen LogP contribution in [-0.2, 0) is 11.3 Å². The lowest BCUT2D eigenvalue weighted by Gasteiger charge is -2.23. The van der Waals surface area contributed by atoms with Crippen LogP contribution >= 0.6 is 0 Å². The molecule has 1 amide bonds. The highest BCUT2D eigenvalue weighted by Crippen LogP contribution is 2.30. The molecule has 0 aliphatic carbocycles. The molecule has 154 valence electrons. The van der Waals surface area contributed by atoms with E-state index in [1.54, 1.807) is 12.4 Å². The number of fused-ring (bicyclic) bond motifs is 1. The molecule has 0 spiro atoms. The monoisotopic (exact) mass is 409 g/mol. The molecular formula is C22H21F2N5O. The first-order chi connectivity index (χ1) is 14.4. The Morgan fingerprint density at radius 2 is 2.00 bits per heavy atom. The molecule has 6 nitrogen and oxygen atoms in total. The Kier molecular flexibility index (Phi) is 5.39. The number of aromatic nitrogens is 3. The van der Waals surface area contributed by atoms with Gasteiger partial charge in [0.1, 0.15) is 17.2 Å². The number of hydrogen-bond acceptors (Lipinski definition) is 4. The molecule has 1 aliphatic rings. The smallest absolute Gasteiger partial charge is 0.268 e. The summed E-state index contributed by atoms with van der Waals surface area (Å²) in [6, 6.07) is 6.63. The lowest BCUT2D eigenvalue weighted by Crippen LogP contribution is -2.28. The van der Waals surface area contributed by atoms with Gasteiger partial charge in [-0.2, -0.15) is 10.2 Å². The Balaban J connectivity index is 1.39. The second-order valence-corrected chi connectivity index (χ2v) is 7.33. The third kappa shape index (κ3) is 3.98. The quantitative estimate of drug-likeness (QED) is 0.570. The van der Waals surface area contributed by atoms with Gasteiger partial charge in [0.15, 0.2) is 0 Å². The van der Waals surface area contributed by atoms with Crippen LogP contribution in [0.15, 0.2) is 53.8 Å². The molecule has 1 atom stereocenters. The molecule has 1 aliphatic heterocycles. The van der Waals surface area contributed by atoms with E-state index in [4.69, 9.17) is 0 Å². The number of aryl methyl sites for hydroxylation is 2. The fourth-order valence-electron chi connectivity index (χ4n) is 3.61. The molecule has 0 bridgehead atoms. The summed E-state index contributed by atoms with van der Waals surface area (Å²) >= 11 is 0. The van der Waals surface area contributed by atoms with Gasteiger partial charge in [0.25, 0.3) is 5.91 Å². The maximum atomic E-state index is 13.6. The van der Waals surface area contributed by atoms with E-state index in [2.05, 4.69) is 21.8 Å². The predicted molar refractivity (Wildman–Crippen MR) is 110 cm³/mol. The van der Waals surface area contributed by atoms with E-state index < -0.39 is 17.7 Å². The lowest BCUT2D eigenvalue weighted by atomic mass is 10.0. The molecule has 0 saturated carbocycles. The Morgan fingerprint density at radius 3 is 2.77 bits per heavy atom. The van der Waals surface area contributed by atoms with E-state index in [9.17, 15) is 13.6 Å². The van der Waals surface area contributed by atoms with Crippen LogP contribution in [-0.4, -0.2) is 31.9 Å². The fraction of sp³-hybridized carbons (Fsp3) is 0.273. The molecule has 1 aromatic carbocycles. The highest BCUT2D eigenvalue weighted by Gasteiger charge is 2.30. The topological polar surface area (TPSA) is 63.4 Å². The van der Waals surface area contributed by atoms with E-state index in [1.807, 2.05) is 23.7 Å². The zero-order valence-corrected chi connectivity index (χ0v) is 16.6. The maximum Gasteiger partial charge on any atom is 0.269 e. The van der Waals surface area contributed by atoms with Crippen LogP contribution in [0.4, 0.5) is 8.78 Å². The minimum Gasteiger partial charge on any atom is -0.268 e. The zero-order valence-electron chi connectivity index (χ0n) is 16.6. The first kappa shape index (κ1) is 19.9. The van der Waals surface area contributed by atoms with Crippen molar-refractivity contribution in [3.8, 4) is 0 Å². The molecule has 3 aromatic rings. The summed E-state index contributed by atoms with van der Waals surface area (Å²) in [7, 11) is 0. The molecule has 8 heteroatoms. The highest BCUT2D eigenvalue weighted by atomic mass is 19.1. The van der Waals surface area contributed by atoms with Gasteiger partial charge in [0.2, 0.25) is 0 Å². The van der Waals surface area contributed by atoms with Crippen molar-refractivity contribution >= 4 is 23.2 Å². The SMILES string of the molecule is C=C(CCCn1ncc2nc(C)ccc21)C(=O)N1N=CCC1c1cc(F)cc(F)c1. The molecule has 4 rings (SSSR count). The number of pyridine rings is 1. The summed E-state index contributed by atoms with van der Waals surface area (Å²) in [5.74, 6) is -1.71. The van der Waals surface area contributed by atoms with Crippen LogP contribution in [0.3, 0.4) is 0 Å². The van der Waals surface area contributed by atoms with Gasteiger partial charge in [-0.1, -0.05) is 6.58 Å². The van der Waals surface area contributed by atoms with Gasteiger partial charge in [0.05, 0.1) is 17.8 Å². The third-order valence-electron chi connectivity index (χ3n) is 5.10. The number of carbonyl (C=O) groups excluding carboxylic acids is 1. The summed E-state index contributed by atoms with van der Waals surface area (Å²) in [5, 5.41) is 9.72. The van der Waals surface area contributed by atoms with Crippen molar-refractivity contribution in [3.05, 3.63) is 71.6 Å². The summed E-state index contributed by atoms with van der Waals surface area (Å²) in [4.78, 5) is 17.3. The number of rotatable bonds is 6. The van der Waals surface area contributed by atoms with Crippen molar-refractivity contribution in [1.82, 2.24) is 19.8 Å². The molecule has 1 unspecified atom stereocenters. The van der Waals surface area contributed by atoms with Gasteiger partial charge in [0, 0.05) is 36.5 Å². The third-order valence-corrected chi connectivity index (χ3v) is 5.10. The number of carbonyl (C=O) groups is 1. The van der Waals surface area contributed by atoms with Gasteiger partial charge in [-0.25, -0.2) is 18.8 Å². The van der Waals surface area contributed by atoms with Gasteiger partial charge < -0.3 is 0 Å². The Morgan fingerprint density at radius 1 is 1.23 bits per heavy atom. The van der Waals surface area contributed by atoms with Gasteiger partial charge in [-0.05, 0) is 49.6 Å². The Hall–Kier alpha value is -3.42. The molecule has 0 radical (unpaired) electrons. The highest BCUT2D eigenvalue weighted by molar-refractivity contribution is 5.94. The van der Waals surface area contributed by atoms with Crippen molar-refractivity contribution < 1.29 is 13.6 Å². The van der Waals surface area contributed by atoms with Crippen LogP contribution < -0.4 is 0 Å². The maximum absolute atomic E-state index is 13.6. The second-order valence-electron chi connectivity index (χ2n) is 7.33. The zero-order chi connectivity index (χ0) is 21.3. The van der Waals surface area contributed by atoms with Crippen LogP contribution in [0.5, 0.6) is 0 Å². The van der Waals surface area contributed by atoms with Crippen LogP contribution in [0.2, 0.25) is 0 Å². The molecule has 30 heavy (non-hydrogen) atoms. The normalized spacial score (nSPS) is 15.8. The van der Waals surface area contributed by atoms with Gasteiger partial charge >= 0.3 is 0 Å². The molecule has 2 aromatic heterocycles. The number of halogens is 2. The minimum atomic E-state index is -0.681. The van der Waals surface area contributed by atoms with Crippen LogP contribution in [0.1, 0.15) is 36.6 Å². The summed E-state index contributed by atoms with van der Waals surface area (Å²) in [5.41, 5.74) is 3.47. The first-order valence-corrected chi connectivity index (χ1v) is 9.71. The van der Waals surface area contributed by atoms with E-state index in [0.29, 0.717) is 36.9 Å². The van der Waals surface area contributed by atoms with E-state index >= 15 is 0 Å². The number of benzene rings is 1. The van der Waals surface area contributed by atoms with Crippen LogP contribution in [0.25, 0.3) is 11.0 Å². The second kappa shape index (κ2) is 8.14. The van der Waals surface area contributed by atoms with Gasteiger partial charge in [-0.15, -0.1) is 0 Å². The molecule has 3 heterocycles. The number of nitrogens with zero attached hydrogens (tertiary/aromatic N) is 5. The van der Waals surface area contributed by atoms with Crippen molar-refractivity contribution in [2.24, 2.45) is 5.10 Å². The molecular weight excluding hydrogens is 388 g/mol. The lowest BCUT2D eigenvalue weighted by molar-refractivity contribution is -0.129. The standard InChI is InChI=1S/C22H21F2N5O/c1-14(4-3-9-28-21-6-5-15(2)27-19(21)13-26-28)22(30)29-20(7-8-25-29)16-10-17(23)12-18(24)11-16/h5-6,8,10-13,20H,1,3-4,7,9H2,2H3. The minimum absolute atomic E-state index is 0.346.